The van der Waals surface area contributed by atoms with Crippen molar-refractivity contribution < 1.29 is 9.90 Å². The fourth-order valence-corrected chi connectivity index (χ4v) is 2.00. The zero-order valence-corrected chi connectivity index (χ0v) is 11.2. The fraction of sp³-hybridized carbons (Fsp3) is 0.200. The van der Waals surface area contributed by atoms with E-state index in [0.717, 1.165) is 11.4 Å². The van der Waals surface area contributed by atoms with Gasteiger partial charge in [-0.2, -0.15) is 0 Å². The van der Waals surface area contributed by atoms with Gasteiger partial charge in [0.1, 0.15) is 5.69 Å². The van der Waals surface area contributed by atoms with Crippen molar-refractivity contribution >= 4 is 17.3 Å². The van der Waals surface area contributed by atoms with Gasteiger partial charge in [0.25, 0.3) is 0 Å². The van der Waals surface area contributed by atoms with Crippen LogP contribution in [0.3, 0.4) is 0 Å². The Hall–Kier alpha value is -2.36. The summed E-state index contributed by atoms with van der Waals surface area (Å²) >= 11 is 0. The Kier molecular flexibility index (Phi) is 3.51. The van der Waals surface area contributed by atoms with Gasteiger partial charge in [-0.25, -0.2) is 9.78 Å². The van der Waals surface area contributed by atoms with E-state index in [4.69, 9.17) is 5.11 Å². The van der Waals surface area contributed by atoms with E-state index < -0.39 is 5.97 Å². The molecular weight excluding hydrogens is 240 g/mol. The molecule has 2 rings (SSSR count). The molecule has 0 fully saturated rings. The van der Waals surface area contributed by atoms with Gasteiger partial charge in [0, 0.05) is 12.7 Å². The van der Waals surface area contributed by atoms with Gasteiger partial charge in [0.2, 0.25) is 0 Å². The summed E-state index contributed by atoms with van der Waals surface area (Å²) in [5, 5.41) is 8.83. The van der Waals surface area contributed by atoms with Crippen LogP contribution in [0.1, 0.15) is 21.6 Å². The van der Waals surface area contributed by atoms with Crippen LogP contribution in [0.5, 0.6) is 0 Å². The Morgan fingerprint density at radius 3 is 2.21 bits per heavy atom. The van der Waals surface area contributed by atoms with Crippen molar-refractivity contribution in [2.75, 3.05) is 11.9 Å². The topological polar surface area (TPSA) is 53.4 Å². The third kappa shape index (κ3) is 2.91. The quantitative estimate of drug-likeness (QED) is 0.916. The van der Waals surface area contributed by atoms with Crippen LogP contribution in [0.15, 0.2) is 36.5 Å². The first-order valence-electron chi connectivity index (χ1n) is 5.99. The molecule has 0 aliphatic heterocycles. The van der Waals surface area contributed by atoms with E-state index in [1.807, 2.05) is 11.9 Å². The highest BCUT2D eigenvalue weighted by Crippen LogP contribution is 2.25. The van der Waals surface area contributed by atoms with E-state index >= 15 is 0 Å². The first kappa shape index (κ1) is 13.1. The molecule has 19 heavy (non-hydrogen) atoms. The predicted molar refractivity (Wildman–Crippen MR) is 75.2 cm³/mol. The molecule has 0 unspecified atom stereocenters. The lowest BCUT2D eigenvalue weighted by Crippen LogP contribution is -2.11. The van der Waals surface area contributed by atoms with Crippen molar-refractivity contribution in [3.63, 3.8) is 0 Å². The maximum absolute atomic E-state index is 10.8. The average molecular weight is 256 g/mol. The summed E-state index contributed by atoms with van der Waals surface area (Å²) in [4.78, 5) is 16.7. The minimum Gasteiger partial charge on any atom is -0.477 e. The highest BCUT2D eigenvalue weighted by molar-refractivity contribution is 5.85. The molecule has 0 bridgehead atoms. The Bertz CT molecular complexity index is 586. The Balaban J connectivity index is 2.32. The Morgan fingerprint density at radius 1 is 1.11 bits per heavy atom. The van der Waals surface area contributed by atoms with Crippen LogP contribution in [0.25, 0.3) is 0 Å². The lowest BCUT2D eigenvalue weighted by atomic mass is 10.1. The van der Waals surface area contributed by atoms with E-state index in [1.54, 1.807) is 12.3 Å². The van der Waals surface area contributed by atoms with Crippen LogP contribution in [-0.4, -0.2) is 23.1 Å². The summed E-state index contributed by atoms with van der Waals surface area (Å²) in [7, 11) is 1.94. The number of carbonyl (C=O) groups is 1. The van der Waals surface area contributed by atoms with Crippen LogP contribution in [0.2, 0.25) is 0 Å². The second-order valence-electron chi connectivity index (χ2n) is 4.61. The van der Waals surface area contributed by atoms with E-state index in [1.165, 1.54) is 17.2 Å². The molecule has 0 aliphatic carbocycles. The summed E-state index contributed by atoms with van der Waals surface area (Å²) in [6, 6.07) is 9.55. The van der Waals surface area contributed by atoms with Gasteiger partial charge in [-0.1, -0.05) is 6.07 Å². The number of pyridine rings is 1. The lowest BCUT2D eigenvalue weighted by molar-refractivity contribution is 0.0690. The smallest absolute Gasteiger partial charge is 0.354 e. The third-order valence-electron chi connectivity index (χ3n) is 2.95. The number of nitrogens with zero attached hydrogens (tertiary/aromatic N) is 2. The molecule has 1 N–H and O–H groups in total. The number of anilines is 2. The largest absolute Gasteiger partial charge is 0.477 e. The number of aryl methyl sites for hydroxylation is 2. The summed E-state index contributed by atoms with van der Waals surface area (Å²) in [5.41, 5.74) is 4.35. The number of carboxylic acid groups (broad SMARTS) is 1. The molecule has 1 heterocycles. The van der Waals surface area contributed by atoms with Crippen molar-refractivity contribution in [2.24, 2.45) is 0 Å². The van der Waals surface area contributed by atoms with Crippen molar-refractivity contribution in [3.8, 4) is 0 Å². The summed E-state index contributed by atoms with van der Waals surface area (Å²) in [6.45, 7) is 4.10. The Labute approximate surface area is 112 Å². The number of aromatic carboxylic acids is 1. The zero-order valence-electron chi connectivity index (χ0n) is 11.2. The molecule has 4 heteroatoms. The highest BCUT2D eigenvalue weighted by atomic mass is 16.4. The molecule has 2 aromatic rings. The molecule has 0 atom stereocenters. The molecule has 0 amide bonds. The van der Waals surface area contributed by atoms with Crippen LogP contribution < -0.4 is 4.90 Å². The van der Waals surface area contributed by atoms with E-state index in [9.17, 15) is 4.79 Å². The second kappa shape index (κ2) is 5.10. The minimum atomic E-state index is -1.01. The van der Waals surface area contributed by atoms with Gasteiger partial charge >= 0.3 is 5.97 Å². The number of hydrogen-bond acceptors (Lipinski definition) is 3. The van der Waals surface area contributed by atoms with Gasteiger partial charge in [0.05, 0.1) is 11.9 Å². The monoisotopic (exact) mass is 256 g/mol. The number of carboxylic acids is 1. The molecule has 98 valence electrons. The molecule has 0 spiro atoms. The van der Waals surface area contributed by atoms with Crippen molar-refractivity contribution in [2.45, 2.75) is 13.8 Å². The van der Waals surface area contributed by atoms with Gasteiger partial charge in [-0.05, 0) is 49.2 Å². The van der Waals surface area contributed by atoms with E-state index in [0.29, 0.717) is 0 Å². The van der Waals surface area contributed by atoms with Gasteiger partial charge in [-0.3, -0.25) is 0 Å². The van der Waals surface area contributed by atoms with Gasteiger partial charge < -0.3 is 10.0 Å². The molecule has 1 aromatic heterocycles. The van der Waals surface area contributed by atoms with Crippen LogP contribution in [-0.2, 0) is 0 Å². The maximum atomic E-state index is 10.8. The van der Waals surface area contributed by atoms with Crippen LogP contribution in [0.4, 0.5) is 11.4 Å². The number of benzene rings is 1. The first-order valence-corrected chi connectivity index (χ1v) is 5.99. The highest BCUT2D eigenvalue weighted by Gasteiger charge is 2.08. The molecular formula is C15H16N2O2. The maximum Gasteiger partial charge on any atom is 0.354 e. The predicted octanol–water partition coefficient (Wildman–Crippen LogP) is 3.16. The molecule has 0 radical (unpaired) electrons. The van der Waals surface area contributed by atoms with E-state index in [2.05, 4.69) is 37.0 Å². The average Bonchev–Trinajstić information content (AvgIpc) is 2.37. The molecule has 4 nitrogen and oxygen atoms in total. The SMILES string of the molecule is Cc1cc(C)cc(N(C)c2ccc(C(=O)O)nc2)c1. The van der Waals surface area contributed by atoms with E-state index in [-0.39, 0.29) is 5.69 Å². The molecule has 0 saturated carbocycles. The first-order chi connectivity index (χ1) is 8.97. The third-order valence-corrected chi connectivity index (χ3v) is 2.95. The molecule has 0 saturated heterocycles. The summed E-state index contributed by atoms with van der Waals surface area (Å²) < 4.78 is 0. The van der Waals surface area contributed by atoms with Crippen LogP contribution >= 0.6 is 0 Å². The second-order valence-corrected chi connectivity index (χ2v) is 4.61. The zero-order chi connectivity index (χ0) is 14.0. The number of aromatic nitrogens is 1. The normalized spacial score (nSPS) is 10.3. The van der Waals surface area contributed by atoms with Crippen molar-refractivity contribution in [1.82, 2.24) is 4.98 Å². The standard InChI is InChI=1S/C15H16N2O2/c1-10-6-11(2)8-13(7-10)17(3)12-4-5-14(15(18)19)16-9-12/h4-9H,1-3H3,(H,18,19). The lowest BCUT2D eigenvalue weighted by Gasteiger charge is -2.20. The van der Waals surface area contributed by atoms with Crippen molar-refractivity contribution in [3.05, 3.63) is 53.3 Å². The van der Waals surface area contributed by atoms with Gasteiger partial charge in [0.15, 0.2) is 0 Å². The minimum absolute atomic E-state index is 0.0533. The number of rotatable bonds is 3. The van der Waals surface area contributed by atoms with Gasteiger partial charge in [-0.15, -0.1) is 0 Å². The molecule has 0 aliphatic rings. The fourth-order valence-electron chi connectivity index (χ4n) is 2.00. The van der Waals surface area contributed by atoms with Crippen LogP contribution in [0, 0.1) is 13.8 Å². The summed E-state index contributed by atoms with van der Waals surface area (Å²) in [5.74, 6) is -1.01. The number of hydrogen-bond donors (Lipinski definition) is 1. The van der Waals surface area contributed by atoms with Crippen molar-refractivity contribution in [1.29, 1.82) is 0 Å². The Morgan fingerprint density at radius 2 is 1.74 bits per heavy atom. The molecule has 1 aromatic carbocycles. The summed E-state index contributed by atoms with van der Waals surface area (Å²) in [6.07, 6.45) is 1.57.